The van der Waals surface area contributed by atoms with E-state index in [2.05, 4.69) is 30.7 Å². The van der Waals surface area contributed by atoms with E-state index in [0.717, 1.165) is 12.6 Å². The fraction of sp³-hybridized carbons (Fsp3) is 0.292. The Morgan fingerprint density at radius 3 is 2.81 bits per heavy atom. The van der Waals surface area contributed by atoms with E-state index < -0.39 is 11.9 Å². The van der Waals surface area contributed by atoms with Gasteiger partial charge in [-0.25, -0.2) is 19.5 Å². The highest BCUT2D eigenvalue weighted by Crippen LogP contribution is 2.29. The molecule has 0 radical (unpaired) electrons. The summed E-state index contributed by atoms with van der Waals surface area (Å²) in [5, 5.41) is 19.8. The first-order valence-electron chi connectivity index (χ1n) is 11.6. The molecule has 0 saturated carbocycles. The maximum Gasteiger partial charge on any atom is 0.433 e. The highest BCUT2D eigenvalue weighted by atomic mass is 19.4. The lowest BCUT2D eigenvalue weighted by atomic mass is 10.3. The second-order valence-electron chi connectivity index (χ2n) is 8.62. The summed E-state index contributed by atoms with van der Waals surface area (Å²) in [5.74, 6) is 0.467. The topological polar surface area (TPSA) is 121 Å². The molecule has 1 saturated heterocycles. The number of halogens is 3. The Bertz CT molecular complexity index is 1420. The summed E-state index contributed by atoms with van der Waals surface area (Å²) in [7, 11) is 0. The molecule has 1 fully saturated rings. The number of fused-ring (bicyclic) bond motifs is 1. The molecule has 4 aromatic heterocycles. The predicted molar refractivity (Wildman–Crippen MR) is 129 cm³/mol. The largest absolute Gasteiger partial charge is 0.433 e. The van der Waals surface area contributed by atoms with Gasteiger partial charge in [0, 0.05) is 50.2 Å². The van der Waals surface area contributed by atoms with Crippen LogP contribution >= 0.6 is 0 Å². The van der Waals surface area contributed by atoms with Gasteiger partial charge in [0.2, 0.25) is 11.7 Å². The number of amides is 1. The number of carbonyl (C=O) groups excluding carboxylic acids is 1. The fourth-order valence-electron chi connectivity index (χ4n) is 4.05. The summed E-state index contributed by atoms with van der Waals surface area (Å²) < 4.78 is 41.0. The second-order valence-corrected chi connectivity index (χ2v) is 8.62. The number of aliphatic hydroxyl groups is 1. The van der Waals surface area contributed by atoms with Crippen LogP contribution in [-0.2, 0) is 11.0 Å². The molecule has 0 bridgehead atoms. The van der Waals surface area contributed by atoms with Gasteiger partial charge in [-0.2, -0.15) is 13.2 Å². The number of nitrogens with zero attached hydrogens (tertiary/aromatic N) is 6. The molecule has 1 unspecified atom stereocenters. The van der Waals surface area contributed by atoms with Crippen LogP contribution in [-0.4, -0.2) is 66.2 Å². The third-order valence-electron chi connectivity index (χ3n) is 5.85. The number of aliphatic hydroxyl groups excluding tert-OH is 1. The van der Waals surface area contributed by atoms with Crippen LogP contribution < -0.4 is 10.6 Å². The first kappa shape index (κ1) is 24.6. The highest BCUT2D eigenvalue weighted by Gasteiger charge is 2.32. The SMILES string of the molecule is O=C(CCN1CCC(O)C1)Nc1cc(Nc2nc(-c3cccc(C(F)(F)F)n3)nn3cccc23)ccn1. The van der Waals surface area contributed by atoms with Gasteiger partial charge in [-0.05, 0) is 36.8 Å². The van der Waals surface area contributed by atoms with Gasteiger partial charge in [-0.1, -0.05) is 6.07 Å². The number of rotatable bonds is 7. The average Bonchev–Trinajstić information content (AvgIpc) is 3.51. The molecule has 4 aromatic rings. The standard InChI is InChI=1S/C24H23F3N8O2/c25-24(26,27)19-5-1-3-17(30-19)22-32-23(18-4-2-10-35(18)33-22)29-15-6-9-28-20(13-15)31-21(37)8-12-34-11-7-16(36)14-34/h1-6,9-10,13,16,36H,7-8,11-12,14H2,(H2,28,29,31,32,33,37). The first-order chi connectivity index (χ1) is 17.7. The van der Waals surface area contributed by atoms with E-state index in [1.54, 1.807) is 30.5 Å². The van der Waals surface area contributed by atoms with E-state index in [1.165, 1.54) is 22.8 Å². The van der Waals surface area contributed by atoms with Gasteiger partial charge in [-0.15, -0.1) is 5.10 Å². The lowest BCUT2D eigenvalue weighted by molar-refractivity contribution is -0.141. The monoisotopic (exact) mass is 512 g/mol. The number of β-amino-alcohol motifs (C(OH)–C–C–N with tert-alkyl or cyclic N) is 1. The molecule has 0 spiro atoms. The van der Waals surface area contributed by atoms with Crippen molar-refractivity contribution in [3.8, 4) is 11.5 Å². The predicted octanol–water partition coefficient (Wildman–Crippen LogP) is 3.34. The summed E-state index contributed by atoms with van der Waals surface area (Å²) in [6.07, 6.45) is -0.804. The molecule has 1 aliphatic heterocycles. The van der Waals surface area contributed by atoms with Gasteiger partial charge >= 0.3 is 6.18 Å². The van der Waals surface area contributed by atoms with E-state index in [1.807, 2.05) is 4.90 Å². The van der Waals surface area contributed by atoms with Gasteiger partial charge in [-0.3, -0.25) is 4.79 Å². The fourth-order valence-corrected chi connectivity index (χ4v) is 4.05. The van der Waals surface area contributed by atoms with Crippen molar-refractivity contribution in [2.75, 3.05) is 30.3 Å². The first-order valence-corrected chi connectivity index (χ1v) is 11.6. The Morgan fingerprint density at radius 1 is 1.16 bits per heavy atom. The van der Waals surface area contributed by atoms with Gasteiger partial charge in [0.25, 0.3) is 0 Å². The van der Waals surface area contributed by atoms with Crippen molar-refractivity contribution in [3.05, 3.63) is 60.6 Å². The Kier molecular flexibility index (Phi) is 6.72. The summed E-state index contributed by atoms with van der Waals surface area (Å²) in [4.78, 5) is 26.7. The highest BCUT2D eigenvalue weighted by molar-refractivity contribution is 5.90. The smallest absolute Gasteiger partial charge is 0.392 e. The van der Waals surface area contributed by atoms with Crippen LogP contribution in [0.25, 0.3) is 17.0 Å². The summed E-state index contributed by atoms with van der Waals surface area (Å²) >= 11 is 0. The number of hydrogen-bond donors (Lipinski definition) is 3. The Balaban J connectivity index is 1.34. The van der Waals surface area contributed by atoms with Gasteiger partial charge in [0.15, 0.2) is 5.82 Å². The molecule has 1 amide bonds. The van der Waals surface area contributed by atoms with Crippen molar-refractivity contribution in [2.24, 2.45) is 0 Å². The van der Waals surface area contributed by atoms with E-state index in [4.69, 9.17) is 0 Å². The quantitative estimate of drug-likeness (QED) is 0.345. The van der Waals surface area contributed by atoms with Crippen LogP contribution in [0.1, 0.15) is 18.5 Å². The van der Waals surface area contributed by atoms with Gasteiger partial charge in [0.05, 0.1) is 6.10 Å². The van der Waals surface area contributed by atoms with Crippen molar-refractivity contribution < 1.29 is 23.1 Å². The number of nitrogens with one attached hydrogen (secondary N) is 2. The number of pyridine rings is 2. The van der Waals surface area contributed by atoms with Crippen molar-refractivity contribution in [3.63, 3.8) is 0 Å². The van der Waals surface area contributed by atoms with Crippen LogP contribution in [0.3, 0.4) is 0 Å². The number of alkyl halides is 3. The molecule has 5 heterocycles. The van der Waals surface area contributed by atoms with E-state index in [9.17, 15) is 23.1 Å². The Labute approximate surface area is 209 Å². The molecular weight excluding hydrogens is 489 g/mol. The minimum Gasteiger partial charge on any atom is -0.392 e. The Morgan fingerprint density at radius 2 is 2.03 bits per heavy atom. The maximum atomic E-state index is 13.2. The van der Waals surface area contributed by atoms with Crippen LogP contribution in [0.15, 0.2) is 54.9 Å². The molecule has 13 heteroatoms. The zero-order valence-electron chi connectivity index (χ0n) is 19.5. The van der Waals surface area contributed by atoms with Crippen LogP contribution in [0.4, 0.5) is 30.5 Å². The zero-order valence-corrected chi connectivity index (χ0v) is 19.5. The lowest BCUT2D eigenvalue weighted by Gasteiger charge is -2.14. The molecule has 10 nitrogen and oxygen atoms in total. The molecule has 3 N–H and O–H groups in total. The van der Waals surface area contributed by atoms with E-state index in [-0.39, 0.29) is 30.0 Å². The average molecular weight is 512 g/mol. The molecule has 0 aliphatic carbocycles. The summed E-state index contributed by atoms with van der Waals surface area (Å²) in [6, 6.07) is 10.3. The van der Waals surface area contributed by atoms with E-state index in [0.29, 0.717) is 42.4 Å². The molecule has 1 aliphatic rings. The summed E-state index contributed by atoms with van der Waals surface area (Å²) in [6.45, 7) is 1.87. The second kappa shape index (κ2) is 10.1. The van der Waals surface area contributed by atoms with Gasteiger partial charge < -0.3 is 20.6 Å². The third kappa shape index (κ3) is 5.84. The molecule has 192 valence electrons. The van der Waals surface area contributed by atoms with Crippen molar-refractivity contribution in [2.45, 2.75) is 25.1 Å². The molecule has 0 aromatic carbocycles. The number of likely N-dealkylation sites (tertiary alicyclic amines) is 1. The maximum absolute atomic E-state index is 13.2. The van der Waals surface area contributed by atoms with E-state index >= 15 is 0 Å². The van der Waals surface area contributed by atoms with Crippen molar-refractivity contribution >= 4 is 28.7 Å². The van der Waals surface area contributed by atoms with Gasteiger partial charge in [0.1, 0.15) is 22.7 Å². The lowest BCUT2D eigenvalue weighted by Crippen LogP contribution is -2.26. The van der Waals surface area contributed by atoms with Crippen LogP contribution in [0.2, 0.25) is 0 Å². The summed E-state index contributed by atoms with van der Waals surface area (Å²) in [5.41, 5.74) is 0.0801. The zero-order chi connectivity index (χ0) is 26.0. The minimum absolute atomic E-state index is 0.00640. The van der Waals surface area contributed by atoms with Crippen LogP contribution in [0.5, 0.6) is 0 Å². The number of hydrogen-bond acceptors (Lipinski definition) is 8. The molecule has 1 atom stereocenters. The molecule has 37 heavy (non-hydrogen) atoms. The number of carbonyl (C=O) groups is 1. The van der Waals surface area contributed by atoms with Crippen molar-refractivity contribution in [1.29, 1.82) is 0 Å². The number of anilines is 3. The van der Waals surface area contributed by atoms with Crippen molar-refractivity contribution in [1.82, 2.24) is 29.5 Å². The number of aromatic nitrogens is 5. The minimum atomic E-state index is -4.59. The van der Waals surface area contributed by atoms with Crippen LogP contribution in [0, 0.1) is 0 Å². The normalized spacial score (nSPS) is 16.3. The molecule has 5 rings (SSSR count). The Hall–Kier alpha value is -4.10. The third-order valence-corrected chi connectivity index (χ3v) is 5.85. The molecular formula is C24H23F3N8O2.